The Kier molecular flexibility index (Phi) is 8.87. The van der Waals surface area contributed by atoms with Gasteiger partial charge in [-0.2, -0.15) is 0 Å². The van der Waals surface area contributed by atoms with Gasteiger partial charge >= 0.3 is 0 Å². The van der Waals surface area contributed by atoms with Crippen molar-refractivity contribution in [3.63, 3.8) is 0 Å². The van der Waals surface area contributed by atoms with Gasteiger partial charge in [0.25, 0.3) is 0 Å². The van der Waals surface area contributed by atoms with Crippen molar-refractivity contribution in [1.29, 1.82) is 0 Å². The van der Waals surface area contributed by atoms with E-state index in [4.69, 9.17) is 0 Å². The van der Waals surface area contributed by atoms with E-state index >= 15 is 0 Å². The summed E-state index contributed by atoms with van der Waals surface area (Å²) in [6.45, 7) is 7.40. The molecule has 2 N–H and O–H groups in total. The molecule has 4 rings (SSSR count). The highest BCUT2D eigenvalue weighted by Crippen LogP contribution is 2.15. The normalized spacial score (nSPS) is 11.4. The number of nitrogens with one attached hydrogen (secondary N) is 2. The van der Waals surface area contributed by atoms with Gasteiger partial charge in [-0.05, 0) is 43.5 Å². The number of aromatic nitrogens is 4. The van der Waals surface area contributed by atoms with E-state index in [0.29, 0.717) is 0 Å². The second-order valence-electron chi connectivity index (χ2n) is 7.93. The molecule has 2 aromatic heterocycles. The first-order chi connectivity index (χ1) is 15.6. The summed E-state index contributed by atoms with van der Waals surface area (Å²) in [7, 11) is 1.81. The molecule has 0 aliphatic rings. The molecule has 0 atom stereocenters. The maximum atomic E-state index is 4.64. The van der Waals surface area contributed by atoms with Crippen LogP contribution in [0.2, 0.25) is 0 Å². The van der Waals surface area contributed by atoms with Gasteiger partial charge in [0.05, 0.1) is 11.0 Å². The molecule has 0 fully saturated rings. The molecule has 0 aliphatic heterocycles. The van der Waals surface area contributed by atoms with Crippen molar-refractivity contribution in [2.24, 2.45) is 4.99 Å². The summed E-state index contributed by atoms with van der Waals surface area (Å²) in [5, 5.41) is 6.84. The quantitative estimate of drug-likeness (QED) is 0.147. The minimum atomic E-state index is 0. The number of halogens is 1. The van der Waals surface area contributed by atoms with Crippen LogP contribution in [0.3, 0.4) is 0 Å². The number of fused-ring (bicyclic) bond motifs is 1. The summed E-state index contributed by atoms with van der Waals surface area (Å²) < 4.78 is 4.43. The summed E-state index contributed by atoms with van der Waals surface area (Å²) in [6.07, 6.45) is 4.84. The van der Waals surface area contributed by atoms with Crippen LogP contribution in [0.1, 0.15) is 29.2 Å². The minimum Gasteiger partial charge on any atom is -0.356 e. The number of rotatable bonds is 8. The Bertz CT molecular complexity index is 1210. The highest BCUT2D eigenvalue weighted by molar-refractivity contribution is 14.0. The molecular formula is C25H32IN7. The lowest BCUT2D eigenvalue weighted by molar-refractivity contribution is 0.624. The number of para-hydroxylation sites is 2. The lowest BCUT2D eigenvalue weighted by atomic mass is 10.1. The molecule has 8 heteroatoms. The minimum absolute atomic E-state index is 0. The Hall–Kier alpha value is -2.88. The second-order valence-corrected chi connectivity index (χ2v) is 7.93. The van der Waals surface area contributed by atoms with Gasteiger partial charge in [0.2, 0.25) is 0 Å². The molecule has 0 bridgehead atoms. The molecule has 174 valence electrons. The van der Waals surface area contributed by atoms with Crippen LogP contribution in [-0.4, -0.2) is 38.7 Å². The van der Waals surface area contributed by atoms with E-state index in [0.717, 1.165) is 55.7 Å². The van der Waals surface area contributed by atoms with E-state index in [2.05, 4.69) is 84.1 Å². The van der Waals surface area contributed by atoms with Crippen molar-refractivity contribution < 1.29 is 0 Å². The zero-order valence-corrected chi connectivity index (χ0v) is 21.8. The van der Waals surface area contributed by atoms with Gasteiger partial charge in [0, 0.05) is 45.6 Å². The Morgan fingerprint density at radius 1 is 1.00 bits per heavy atom. The van der Waals surface area contributed by atoms with Crippen molar-refractivity contribution >= 4 is 41.0 Å². The van der Waals surface area contributed by atoms with Crippen LogP contribution in [0, 0.1) is 13.8 Å². The van der Waals surface area contributed by atoms with Crippen LogP contribution < -0.4 is 10.6 Å². The number of aryl methyl sites for hydroxylation is 3. The van der Waals surface area contributed by atoms with Crippen molar-refractivity contribution in [2.45, 2.75) is 39.9 Å². The molecule has 7 nitrogen and oxygen atoms in total. The molecule has 4 aromatic rings. The van der Waals surface area contributed by atoms with E-state index in [1.165, 1.54) is 16.6 Å². The third-order valence-corrected chi connectivity index (χ3v) is 5.65. The summed E-state index contributed by atoms with van der Waals surface area (Å²) in [6, 6.07) is 16.9. The molecule has 0 spiro atoms. The number of hydrogen-bond donors (Lipinski definition) is 2. The van der Waals surface area contributed by atoms with Crippen LogP contribution >= 0.6 is 24.0 Å². The maximum Gasteiger partial charge on any atom is 0.191 e. The smallest absolute Gasteiger partial charge is 0.191 e. The molecule has 0 radical (unpaired) electrons. The van der Waals surface area contributed by atoms with Crippen LogP contribution in [0.4, 0.5) is 0 Å². The van der Waals surface area contributed by atoms with Gasteiger partial charge in [-0.1, -0.05) is 36.4 Å². The van der Waals surface area contributed by atoms with Crippen LogP contribution in [-0.2, 0) is 19.6 Å². The Morgan fingerprint density at radius 3 is 2.61 bits per heavy atom. The topological polar surface area (TPSA) is 72.1 Å². The zero-order valence-electron chi connectivity index (χ0n) is 19.5. The van der Waals surface area contributed by atoms with Crippen molar-refractivity contribution in [3.8, 4) is 0 Å². The lowest BCUT2D eigenvalue weighted by Gasteiger charge is -2.13. The average molecular weight is 557 g/mol. The van der Waals surface area contributed by atoms with Gasteiger partial charge in [-0.25, -0.2) is 9.97 Å². The predicted molar refractivity (Wildman–Crippen MR) is 145 cm³/mol. The lowest BCUT2D eigenvalue weighted by Crippen LogP contribution is -2.37. The molecule has 33 heavy (non-hydrogen) atoms. The van der Waals surface area contributed by atoms with Gasteiger partial charge < -0.3 is 19.8 Å². The highest BCUT2D eigenvalue weighted by Gasteiger charge is 2.06. The van der Waals surface area contributed by atoms with E-state index in [1.54, 1.807) is 7.05 Å². The van der Waals surface area contributed by atoms with Crippen molar-refractivity contribution in [1.82, 2.24) is 29.7 Å². The first-order valence-electron chi connectivity index (χ1n) is 11.1. The second kappa shape index (κ2) is 11.8. The fourth-order valence-electron chi connectivity index (χ4n) is 3.93. The highest BCUT2D eigenvalue weighted by atomic mass is 127. The number of guanidine groups is 1. The third kappa shape index (κ3) is 6.34. The third-order valence-electron chi connectivity index (χ3n) is 5.65. The fourth-order valence-corrected chi connectivity index (χ4v) is 3.93. The van der Waals surface area contributed by atoms with E-state index in [9.17, 15) is 0 Å². The Labute approximate surface area is 212 Å². The summed E-state index contributed by atoms with van der Waals surface area (Å²) >= 11 is 0. The van der Waals surface area contributed by atoms with Crippen molar-refractivity contribution in [3.05, 3.63) is 83.7 Å². The van der Waals surface area contributed by atoms with E-state index in [1.807, 2.05) is 25.4 Å². The number of nitrogens with zero attached hydrogens (tertiary/aromatic N) is 5. The van der Waals surface area contributed by atoms with Crippen LogP contribution in [0.15, 0.2) is 65.9 Å². The molecule has 0 aliphatic carbocycles. The number of imidazole rings is 2. The molecule has 0 unspecified atom stereocenters. The van der Waals surface area contributed by atoms with Gasteiger partial charge in [-0.3, -0.25) is 4.99 Å². The van der Waals surface area contributed by atoms with Crippen LogP contribution in [0.25, 0.3) is 11.0 Å². The SMILES string of the molecule is CN=C(NCCCn1c(C)nc2ccccc21)NCc1cccc(Cn2ccnc2C)c1.I. The molecular weight excluding hydrogens is 525 g/mol. The maximum absolute atomic E-state index is 4.64. The first kappa shape index (κ1) is 24.8. The van der Waals surface area contributed by atoms with Crippen LogP contribution in [0.5, 0.6) is 0 Å². The molecule has 2 aromatic carbocycles. The molecule has 0 amide bonds. The standard InChI is InChI=1S/C25H31N7.HI/c1-19-27-13-15-31(19)18-22-9-6-8-21(16-22)17-29-25(26-3)28-12-7-14-32-20(2)30-23-10-4-5-11-24(23)32;/h4-6,8-11,13,15-16H,7,12,14,17-18H2,1-3H3,(H2,26,28,29);1H. The van der Waals surface area contributed by atoms with Gasteiger partial charge in [0.15, 0.2) is 5.96 Å². The van der Waals surface area contributed by atoms with E-state index in [-0.39, 0.29) is 24.0 Å². The average Bonchev–Trinajstić information content (AvgIpc) is 3.35. The summed E-state index contributed by atoms with van der Waals surface area (Å²) in [5.74, 6) is 2.89. The largest absolute Gasteiger partial charge is 0.356 e. The zero-order chi connectivity index (χ0) is 22.3. The number of benzene rings is 2. The first-order valence-corrected chi connectivity index (χ1v) is 11.1. The monoisotopic (exact) mass is 557 g/mol. The number of hydrogen-bond acceptors (Lipinski definition) is 3. The fraction of sp³-hybridized carbons (Fsp3) is 0.320. The molecule has 0 saturated carbocycles. The molecule has 2 heterocycles. The Morgan fingerprint density at radius 2 is 1.82 bits per heavy atom. The van der Waals surface area contributed by atoms with E-state index < -0.39 is 0 Å². The molecule has 0 saturated heterocycles. The Balaban J connectivity index is 0.00000306. The van der Waals surface area contributed by atoms with Gasteiger partial charge in [-0.15, -0.1) is 24.0 Å². The number of aliphatic imine (C=N–C) groups is 1. The summed E-state index contributed by atoms with van der Waals surface area (Å²) in [5.41, 5.74) is 4.74. The van der Waals surface area contributed by atoms with Gasteiger partial charge in [0.1, 0.15) is 11.6 Å². The van der Waals surface area contributed by atoms with Crippen molar-refractivity contribution in [2.75, 3.05) is 13.6 Å². The summed E-state index contributed by atoms with van der Waals surface area (Å²) in [4.78, 5) is 13.3. The predicted octanol–water partition coefficient (Wildman–Crippen LogP) is 4.27.